The van der Waals surface area contributed by atoms with E-state index in [2.05, 4.69) is 10.1 Å². The van der Waals surface area contributed by atoms with Crippen LogP contribution in [-0.2, 0) is 14.3 Å². The summed E-state index contributed by atoms with van der Waals surface area (Å²) in [6, 6.07) is 8.73. The first-order chi connectivity index (χ1) is 12.8. The normalized spacial score (nSPS) is 10.0. The van der Waals surface area contributed by atoms with Crippen LogP contribution in [0.15, 0.2) is 36.4 Å². The second-order valence-corrected chi connectivity index (χ2v) is 5.67. The Morgan fingerprint density at radius 3 is 2.33 bits per heavy atom. The summed E-state index contributed by atoms with van der Waals surface area (Å²) in [5.41, 5.74) is 6.72. The van der Waals surface area contributed by atoms with Gasteiger partial charge in [-0.3, -0.25) is 4.79 Å². The molecule has 2 aromatic rings. The maximum absolute atomic E-state index is 12.2. The van der Waals surface area contributed by atoms with Crippen LogP contribution in [0, 0.1) is 0 Å². The minimum atomic E-state index is -0.787. The van der Waals surface area contributed by atoms with Crippen molar-refractivity contribution in [3.8, 4) is 5.75 Å². The van der Waals surface area contributed by atoms with E-state index in [9.17, 15) is 14.4 Å². The molecule has 0 aliphatic heterocycles. The van der Waals surface area contributed by atoms with Crippen LogP contribution in [0.25, 0.3) is 0 Å². The van der Waals surface area contributed by atoms with Gasteiger partial charge >= 0.3 is 11.9 Å². The fourth-order valence-electron chi connectivity index (χ4n) is 2.11. The monoisotopic (exact) mass is 392 g/mol. The molecule has 2 rings (SSSR count). The lowest BCUT2D eigenvalue weighted by atomic mass is 10.2. The topological polar surface area (TPSA) is 117 Å². The van der Waals surface area contributed by atoms with Crippen LogP contribution in [0.2, 0.25) is 5.02 Å². The molecule has 3 N–H and O–H groups in total. The van der Waals surface area contributed by atoms with Gasteiger partial charge in [0.15, 0.2) is 6.61 Å². The fraction of sp³-hybridized carbons (Fsp3) is 0.167. The minimum absolute atomic E-state index is 0.0481. The quantitative estimate of drug-likeness (QED) is 0.573. The number of amides is 1. The summed E-state index contributed by atoms with van der Waals surface area (Å²) in [6.07, 6.45) is 0. The van der Waals surface area contributed by atoms with Crippen LogP contribution >= 0.6 is 11.6 Å². The number of anilines is 2. The standard InChI is InChI=1S/C18H17ClN2O6/c1-25-15-8-14(20)13(19)7-12(15)18(24)27-9-16(22)21-11-5-3-10(4-6-11)17(23)26-2/h3-8H,9,20H2,1-2H3,(H,21,22). The summed E-state index contributed by atoms with van der Waals surface area (Å²) in [4.78, 5) is 35.5. The molecule has 0 aliphatic carbocycles. The summed E-state index contributed by atoms with van der Waals surface area (Å²) in [5.74, 6) is -1.65. The third-order valence-electron chi connectivity index (χ3n) is 3.46. The Hall–Kier alpha value is -3.26. The van der Waals surface area contributed by atoms with E-state index in [-0.39, 0.29) is 22.0 Å². The fourth-order valence-corrected chi connectivity index (χ4v) is 2.27. The zero-order valence-corrected chi connectivity index (χ0v) is 15.3. The average molecular weight is 393 g/mol. The van der Waals surface area contributed by atoms with E-state index in [0.29, 0.717) is 11.3 Å². The molecule has 142 valence electrons. The smallest absolute Gasteiger partial charge is 0.342 e. The largest absolute Gasteiger partial charge is 0.496 e. The van der Waals surface area contributed by atoms with Crippen LogP contribution in [0.3, 0.4) is 0 Å². The average Bonchev–Trinajstić information content (AvgIpc) is 2.67. The van der Waals surface area contributed by atoms with Gasteiger partial charge in [0.25, 0.3) is 5.91 Å². The van der Waals surface area contributed by atoms with Crippen LogP contribution in [0.1, 0.15) is 20.7 Å². The van der Waals surface area contributed by atoms with E-state index in [4.69, 9.17) is 26.8 Å². The molecule has 0 atom stereocenters. The van der Waals surface area contributed by atoms with Crippen molar-refractivity contribution in [1.82, 2.24) is 0 Å². The Bertz CT molecular complexity index is 867. The Kier molecular flexibility index (Phi) is 6.62. The number of rotatable bonds is 6. The highest BCUT2D eigenvalue weighted by Crippen LogP contribution is 2.29. The SMILES string of the molecule is COC(=O)c1ccc(NC(=O)COC(=O)c2cc(Cl)c(N)cc2OC)cc1. The molecule has 0 unspecified atom stereocenters. The van der Waals surface area contributed by atoms with Gasteiger partial charge in [-0.15, -0.1) is 0 Å². The third-order valence-corrected chi connectivity index (χ3v) is 3.79. The molecular formula is C18H17ClN2O6. The van der Waals surface area contributed by atoms with Gasteiger partial charge in [-0.1, -0.05) is 11.6 Å². The Labute approximate surface area is 160 Å². The summed E-state index contributed by atoms with van der Waals surface area (Å²) in [7, 11) is 2.64. The molecule has 27 heavy (non-hydrogen) atoms. The number of carbonyl (C=O) groups excluding carboxylic acids is 3. The molecule has 9 heteroatoms. The number of methoxy groups -OCH3 is 2. The van der Waals surface area contributed by atoms with Gasteiger partial charge in [0.1, 0.15) is 11.3 Å². The molecule has 8 nitrogen and oxygen atoms in total. The number of ether oxygens (including phenoxy) is 3. The minimum Gasteiger partial charge on any atom is -0.496 e. The molecule has 2 aromatic carbocycles. The van der Waals surface area contributed by atoms with Crippen molar-refractivity contribution in [2.24, 2.45) is 0 Å². The van der Waals surface area contributed by atoms with Gasteiger partial charge in [-0.05, 0) is 30.3 Å². The predicted molar refractivity (Wildman–Crippen MR) is 99.1 cm³/mol. The van der Waals surface area contributed by atoms with Crippen molar-refractivity contribution in [1.29, 1.82) is 0 Å². The highest BCUT2D eigenvalue weighted by Gasteiger charge is 2.18. The molecule has 0 aliphatic rings. The van der Waals surface area contributed by atoms with Gasteiger partial charge in [0, 0.05) is 11.8 Å². The maximum Gasteiger partial charge on any atom is 0.342 e. The van der Waals surface area contributed by atoms with Crippen molar-refractivity contribution >= 4 is 40.8 Å². The molecule has 0 radical (unpaired) electrons. The van der Waals surface area contributed by atoms with E-state index in [1.54, 1.807) is 0 Å². The van der Waals surface area contributed by atoms with Gasteiger partial charge < -0.3 is 25.3 Å². The van der Waals surface area contributed by atoms with Crippen LogP contribution in [0.5, 0.6) is 5.75 Å². The van der Waals surface area contributed by atoms with E-state index in [1.165, 1.54) is 50.6 Å². The zero-order valence-electron chi connectivity index (χ0n) is 14.6. The maximum atomic E-state index is 12.2. The van der Waals surface area contributed by atoms with Crippen molar-refractivity contribution in [2.45, 2.75) is 0 Å². The molecule has 0 fully saturated rings. The van der Waals surface area contributed by atoms with Gasteiger partial charge in [0.05, 0.1) is 30.5 Å². The van der Waals surface area contributed by atoms with E-state index in [0.717, 1.165) is 0 Å². The van der Waals surface area contributed by atoms with Crippen LogP contribution in [-0.4, -0.2) is 38.7 Å². The molecular weight excluding hydrogens is 376 g/mol. The molecule has 0 bridgehead atoms. The first kappa shape index (κ1) is 20.1. The number of nitrogens with two attached hydrogens (primary N) is 1. The summed E-state index contributed by atoms with van der Waals surface area (Å²) < 4.78 is 14.6. The number of halogens is 1. The molecule has 0 spiro atoms. The van der Waals surface area contributed by atoms with E-state index >= 15 is 0 Å². The number of hydrogen-bond acceptors (Lipinski definition) is 7. The van der Waals surface area contributed by atoms with Crippen molar-refractivity contribution in [2.75, 3.05) is 31.9 Å². The number of esters is 2. The Balaban J connectivity index is 1.96. The van der Waals surface area contributed by atoms with Gasteiger partial charge in [-0.25, -0.2) is 9.59 Å². The highest BCUT2D eigenvalue weighted by molar-refractivity contribution is 6.33. The predicted octanol–water partition coefficient (Wildman–Crippen LogP) is 2.51. The van der Waals surface area contributed by atoms with E-state index in [1.807, 2.05) is 0 Å². The van der Waals surface area contributed by atoms with Crippen molar-refractivity contribution in [3.63, 3.8) is 0 Å². The second kappa shape index (κ2) is 8.91. The number of nitrogen functional groups attached to an aromatic ring is 1. The summed E-state index contributed by atoms with van der Waals surface area (Å²) >= 11 is 5.90. The third kappa shape index (κ3) is 5.11. The first-order valence-corrected chi connectivity index (χ1v) is 8.02. The molecule has 1 amide bonds. The number of carbonyl (C=O) groups is 3. The Morgan fingerprint density at radius 1 is 1.07 bits per heavy atom. The molecule has 0 saturated carbocycles. The number of hydrogen-bond donors (Lipinski definition) is 2. The van der Waals surface area contributed by atoms with Gasteiger partial charge in [0.2, 0.25) is 0 Å². The summed E-state index contributed by atoms with van der Waals surface area (Å²) in [5, 5.41) is 2.70. The lowest BCUT2D eigenvalue weighted by Crippen LogP contribution is -2.21. The molecule has 0 aromatic heterocycles. The molecule has 0 heterocycles. The van der Waals surface area contributed by atoms with E-state index < -0.39 is 24.5 Å². The highest BCUT2D eigenvalue weighted by atomic mass is 35.5. The van der Waals surface area contributed by atoms with Crippen LogP contribution in [0.4, 0.5) is 11.4 Å². The van der Waals surface area contributed by atoms with Gasteiger partial charge in [-0.2, -0.15) is 0 Å². The zero-order chi connectivity index (χ0) is 20.0. The first-order valence-electron chi connectivity index (χ1n) is 7.64. The van der Waals surface area contributed by atoms with Crippen LogP contribution < -0.4 is 15.8 Å². The Morgan fingerprint density at radius 2 is 1.74 bits per heavy atom. The van der Waals surface area contributed by atoms with Crippen molar-refractivity contribution < 1.29 is 28.6 Å². The lowest BCUT2D eigenvalue weighted by Gasteiger charge is -2.11. The lowest BCUT2D eigenvalue weighted by molar-refractivity contribution is -0.119. The van der Waals surface area contributed by atoms with Crippen molar-refractivity contribution in [3.05, 3.63) is 52.5 Å². The summed E-state index contributed by atoms with van der Waals surface area (Å²) in [6.45, 7) is -0.525. The number of nitrogens with one attached hydrogen (secondary N) is 1. The molecule has 0 saturated heterocycles. The number of benzene rings is 2. The second-order valence-electron chi connectivity index (χ2n) is 5.27.